The Morgan fingerprint density at radius 1 is 1.47 bits per heavy atom. The van der Waals surface area contributed by atoms with E-state index in [1.807, 2.05) is 18.2 Å². The van der Waals surface area contributed by atoms with Gasteiger partial charge in [0.15, 0.2) is 0 Å². The molecule has 0 saturated heterocycles. The van der Waals surface area contributed by atoms with E-state index in [9.17, 15) is 0 Å². The van der Waals surface area contributed by atoms with Crippen LogP contribution in [0.15, 0.2) is 18.2 Å². The fourth-order valence-electron chi connectivity index (χ4n) is 2.53. The molecule has 2 rings (SSSR count). The molecule has 1 aliphatic rings. The third-order valence-electron chi connectivity index (χ3n) is 3.49. The first-order chi connectivity index (χ1) is 8.33. The van der Waals surface area contributed by atoms with Crippen molar-refractivity contribution < 1.29 is 4.74 Å². The molecule has 1 atom stereocenters. The molecule has 1 heterocycles. The average Bonchev–Trinajstić information content (AvgIpc) is 2.90. The number of methoxy groups -OCH3 is 1. The van der Waals surface area contributed by atoms with Gasteiger partial charge in [0.2, 0.25) is 5.88 Å². The third-order valence-corrected chi connectivity index (χ3v) is 3.49. The van der Waals surface area contributed by atoms with Crippen molar-refractivity contribution in [3.05, 3.63) is 18.2 Å². The van der Waals surface area contributed by atoms with Crippen molar-refractivity contribution in [3.63, 3.8) is 0 Å². The molecule has 1 aliphatic carbocycles. The van der Waals surface area contributed by atoms with Crippen LogP contribution in [-0.2, 0) is 0 Å². The molecule has 0 aromatic carbocycles. The van der Waals surface area contributed by atoms with Crippen LogP contribution in [0.25, 0.3) is 0 Å². The van der Waals surface area contributed by atoms with Crippen molar-refractivity contribution in [2.75, 3.05) is 19.0 Å². The van der Waals surface area contributed by atoms with Gasteiger partial charge in [-0.15, -0.1) is 0 Å². The Morgan fingerprint density at radius 3 is 2.88 bits per heavy atom. The summed E-state index contributed by atoms with van der Waals surface area (Å²) < 4.78 is 5.11. The maximum atomic E-state index is 5.85. The molecular formula is C13H21N3O. The SMILES string of the molecule is COc1cccc(NC(CN)C2CCCC2)n1. The van der Waals surface area contributed by atoms with E-state index in [2.05, 4.69) is 10.3 Å². The Kier molecular flexibility index (Phi) is 4.20. The van der Waals surface area contributed by atoms with Crippen LogP contribution >= 0.6 is 0 Å². The minimum atomic E-state index is 0.331. The topological polar surface area (TPSA) is 60.2 Å². The van der Waals surface area contributed by atoms with E-state index in [1.54, 1.807) is 7.11 Å². The molecule has 1 unspecified atom stereocenters. The summed E-state index contributed by atoms with van der Waals surface area (Å²) in [7, 11) is 1.63. The summed E-state index contributed by atoms with van der Waals surface area (Å²) >= 11 is 0. The summed E-state index contributed by atoms with van der Waals surface area (Å²) in [6.07, 6.45) is 5.21. The molecule has 1 saturated carbocycles. The van der Waals surface area contributed by atoms with Gasteiger partial charge in [0, 0.05) is 18.7 Å². The Bertz CT molecular complexity index is 350. The van der Waals surface area contributed by atoms with Crippen molar-refractivity contribution in [1.82, 2.24) is 4.98 Å². The van der Waals surface area contributed by atoms with E-state index in [-0.39, 0.29) is 0 Å². The van der Waals surface area contributed by atoms with Crippen LogP contribution in [0.2, 0.25) is 0 Å². The molecule has 4 nitrogen and oxygen atoms in total. The zero-order chi connectivity index (χ0) is 12.1. The molecule has 1 aromatic heterocycles. The molecule has 4 heteroatoms. The van der Waals surface area contributed by atoms with Crippen LogP contribution in [-0.4, -0.2) is 24.7 Å². The number of anilines is 1. The highest BCUT2D eigenvalue weighted by Gasteiger charge is 2.24. The number of hydrogen-bond acceptors (Lipinski definition) is 4. The third kappa shape index (κ3) is 3.09. The maximum absolute atomic E-state index is 5.85. The van der Waals surface area contributed by atoms with Crippen LogP contribution in [0.4, 0.5) is 5.82 Å². The molecule has 17 heavy (non-hydrogen) atoms. The number of nitrogens with zero attached hydrogens (tertiary/aromatic N) is 1. The monoisotopic (exact) mass is 235 g/mol. The highest BCUT2D eigenvalue weighted by molar-refractivity contribution is 5.38. The molecule has 3 N–H and O–H groups in total. The molecule has 0 spiro atoms. The predicted molar refractivity (Wildman–Crippen MR) is 69.2 cm³/mol. The van der Waals surface area contributed by atoms with Gasteiger partial charge in [0.05, 0.1) is 7.11 Å². The number of nitrogens with two attached hydrogens (primary N) is 1. The van der Waals surface area contributed by atoms with Crippen LogP contribution in [0.5, 0.6) is 5.88 Å². The van der Waals surface area contributed by atoms with Crippen molar-refractivity contribution in [1.29, 1.82) is 0 Å². The zero-order valence-electron chi connectivity index (χ0n) is 10.4. The van der Waals surface area contributed by atoms with E-state index in [4.69, 9.17) is 10.5 Å². The highest BCUT2D eigenvalue weighted by Crippen LogP contribution is 2.29. The van der Waals surface area contributed by atoms with Gasteiger partial charge in [-0.3, -0.25) is 0 Å². The van der Waals surface area contributed by atoms with Gasteiger partial charge in [-0.1, -0.05) is 18.9 Å². The minimum absolute atomic E-state index is 0.331. The molecule has 1 fully saturated rings. The number of aromatic nitrogens is 1. The summed E-state index contributed by atoms with van der Waals surface area (Å²) in [5.74, 6) is 2.18. The number of pyridine rings is 1. The zero-order valence-corrected chi connectivity index (χ0v) is 10.4. The highest BCUT2D eigenvalue weighted by atomic mass is 16.5. The minimum Gasteiger partial charge on any atom is -0.481 e. The lowest BCUT2D eigenvalue weighted by molar-refractivity contribution is 0.397. The Morgan fingerprint density at radius 2 is 2.24 bits per heavy atom. The normalized spacial score (nSPS) is 18.0. The lowest BCUT2D eigenvalue weighted by Gasteiger charge is -2.23. The Hall–Kier alpha value is -1.29. The fourth-order valence-corrected chi connectivity index (χ4v) is 2.53. The van der Waals surface area contributed by atoms with Crippen LogP contribution in [0, 0.1) is 5.92 Å². The van der Waals surface area contributed by atoms with Crippen LogP contribution in [0.3, 0.4) is 0 Å². The van der Waals surface area contributed by atoms with Gasteiger partial charge in [0.1, 0.15) is 5.82 Å². The smallest absolute Gasteiger partial charge is 0.214 e. The molecule has 0 amide bonds. The second-order valence-corrected chi connectivity index (χ2v) is 4.60. The second kappa shape index (κ2) is 5.87. The Balaban J connectivity index is 2.01. The van der Waals surface area contributed by atoms with Gasteiger partial charge in [0.25, 0.3) is 0 Å². The second-order valence-electron chi connectivity index (χ2n) is 4.60. The molecule has 94 valence electrons. The van der Waals surface area contributed by atoms with Crippen molar-refractivity contribution in [3.8, 4) is 5.88 Å². The first kappa shape index (κ1) is 12.2. The van der Waals surface area contributed by atoms with Gasteiger partial charge in [-0.05, 0) is 24.8 Å². The number of hydrogen-bond donors (Lipinski definition) is 2. The molecule has 1 aromatic rings. The van der Waals surface area contributed by atoms with Gasteiger partial charge < -0.3 is 15.8 Å². The van der Waals surface area contributed by atoms with Crippen LogP contribution in [0.1, 0.15) is 25.7 Å². The van der Waals surface area contributed by atoms with Gasteiger partial charge in [-0.2, -0.15) is 4.98 Å². The fraction of sp³-hybridized carbons (Fsp3) is 0.615. The number of rotatable bonds is 5. The largest absolute Gasteiger partial charge is 0.481 e. The lowest BCUT2D eigenvalue weighted by atomic mass is 9.98. The van der Waals surface area contributed by atoms with E-state index in [0.717, 1.165) is 5.82 Å². The van der Waals surface area contributed by atoms with Gasteiger partial charge >= 0.3 is 0 Å². The average molecular weight is 235 g/mol. The van der Waals surface area contributed by atoms with E-state index in [0.29, 0.717) is 24.4 Å². The predicted octanol–water partition coefficient (Wildman–Crippen LogP) is 2.02. The van der Waals surface area contributed by atoms with Gasteiger partial charge in [-0.25, -0.2) is 0 Å². The van der Waals surface area contributed by atoms with Crippen molar-refractivity contribution in [2.24, 2.45) is 11.7 Å². The summed E-state index contributed by atoms with van der Waals surface area (Å²) in [5, 5.41) is 3.43. The molecule has 0 aliphatic heterocycles. The van der Waals surface area contributed by atoms with E-state index >= 15 is 0 Å². The molecule has 0 radical (unpaired) electrons. The standard InChI is InChI=1S/C13H21N3O/c1-17-13-8-4-7-12(16-13)15-11(9-14)10-5-2-3-6-10/h4,7-8,10-11H,2-3,5-6,9,14H2,1H3,(H,15,16). The maximum Gasteiger partial charge on any atom is 0.214 e. The molecule has 0 bridgehead atoms. The summed E-state index contributed by atoms with van der Waals surface area (Å²) in [4.78, 5) is 4.36. The first-order valence-electron chi connectivity index (χ1n) is 6.31. The summed E-state index contributed by atoms with van der Waals surface area (Å²) in [6.45, 7) is 0.656. The lowest BCUT2D eigenvalue weighted by Crippen LogP contribution is -2.35. The molecular weight excluding hydrogens is 214 g/mol. The van der Waals surface area contributed by atoms with E-state index < -0.39 is 0 Å². The van der Waals surface area contributed by atoms with Crippen molar-refractivity contribution >= 4 is 5.82 Å². The number of ether oxygens (including phenoxy) is 1. The summed E-state index contributed by atoms with van der Waals surface area (Å²) in [5.41, 5.74) is 5.85. The summed E-state index contributed by atoms with van der Waals surface area (Å²) in [6, 6.07) is 6.08. The van der Waals surface area contributed by atoms with Crippen molar-refractivity contribution in [2.45, 2.75) is 31.7 Å². The number of nitrogens with one attached hydrogen (secondary N) is 1. The first-order valence-corrected chi connectivity index (χ1v) is 6.31. The van der Waals surface area contributed by atoms with Crippen LogP contribution < -0.4 is 15.8 Å². The van der Waals surface area contributed by atoms with E-state index in [1.165, 1.54) is 25.7 Å². The quantitative estimate of drug-likeness (QED) is 0.819. The Labute approximate surface area is 103 Å².